The van der Waals surface area contributed by atoms with E-state index >= 15 is 0 Å². The molecular weight excluding hydrogens is 255 g/mol. The molecule has 1 saturated carbocycles. The topological polar surface area (TPSA) is 29.1 Å². The van der Waals surface area contributed by atoms with Crippen molar-refractivity contribution in [1.82, 2.24) is 5.32 Å². The van der Waals surface area contributed by atoms with E-state index in [-0.39, 0.29) is 5.78 Å². The van der Waals surface area contributed by atoms with Gasteiger partial charge < -0.3 is 5.32 Å². The smallest absolute Gasteiger partial charge is 0.304 e. The van der Waals surface area contributed by atoms with Crippen LogP contribution >= 0.6 is 0 Å². The third kappa shape index (κ3) is 2.52. The molecule has 1 atom stereocenters. The molecule has 0 aliphatic heterocycles. The fourth-order valence-corrected chi connectivity index (χ4v) is 2.69. The molecule has 19 heavy (non-hydrogen) atoms. The number of ketones is 1. The van der Waals surface area contributed by atoms with Gasteiger partial charge in [0, 0.05) is 6.42 Å². The van der Waals surface area contributed by atoms with E-state index in [2.05, 4.69) is 5.32 Å². The van der Waals surface area contributed by atoms with Crippen LogP contribution in [-0.2, 0) is 16.5 Å². The predicted octanol–water partition coefficient (Wildman–Crippen LogP) is 3.26. The maximum Gasteiger partial charge on any atom is 0.416 e. The summed E-state index contributed by atoms with van der Waals surface area (Å²) in [6.45, 7) is 0. The number of hydrogen-bond donors (Lipinski definition) is 1. The lowest BCUT2D eigenvalue weighted by Crippen LogP contribution is -2.49. The Hall–Kier alpha value is -1.36. The van der Waals surface area contributed by atoms with Gasteiger partial charge in [-0.25, -0.2) is 0 Å². The van der Waals surface area contributed by atoms with E-state index in [1.807, 2.05) is 0 Å². The molecule has 0 spiro atoms. The molecule has 0 unspecified atom stereocenters. The summed E-state index contributed by atoms with van der Waals surface area (Å²) in [5, 5.41) is 3.01. The second-order valence-corrected chi connectivity index (χ2v) is 4.86. The van der Waals surface area contributed by atoms with Gasteiger partial charge in [0.2, 0.25) is 0 Å². The maximum atomic E-state index is 12.5. The summed E-state index contributed by atoms with van der Waals surface area (Å²) in [7, 11) is 1.68. The molecule has 1 aromatic carbocycles. The minimum Gasteiger partial charge on any atom is -0.304 e. The Balaban J connectivity index is 2.36. The SMILES string of the molecule is CN[C@]1(c2ccc(C(F)(F)F)cc2)CCCCC1=O. The van der Waals surface area contributed by atoms with Crippen molar-refractivity contribution in [2.24, 2.45) is 0 Å². The van der Waals surface area contributed by atoms with E-state index in [1.165, 1.54) is 12.1 Å². The Bertz CT molecular complexity index is 467. The van der Waals surface area contributed by atoms with Crippen LogP contribution in [0.4, 0.5) is 13.2 Å². The van der Waals surface area contributed by atoms with Crippen molar-refractivity contribution in [1.29, 1.82) is 0 Å². The number of Topliss-reactive ketones (excluding diaryl/α,β-unsaturated/α-hetero) is 1. The first-order chi connectivity index (χ1) is 8.90. The van der Waals surface area contributed by atoms with E-state index < -0.39 is 17.3 Å². The standard InChI is InChI=1S/C14H16F3NO/c1-18-13(9-3-2-4-12(13)19)10-5-7-11(8-6-10)14(15,16)17/h5-8,18H,2-4,9H2,1H3/t13-/m0/s1. The van der Waals surface area contributed by atoms with Crippen molar-refractivity contribution in [3.63, 3.8) is 0 Å². The van der Waals surface area contributed by atoms with Crippen LogP contribution in [0.5, 0.6) is 0 Å². The van der Waals surface area contributed by atoms with Gasteiger partial charge in [0.15, 0.2) is 5.78 Å². The molecule has 2 nitrogen and oxygen atoms in total. The van der Waals surface area contributed by atoms with E-state index in [0.717, 1.165) is 25.0 Å². The molecule has 0 radical (unpaired) electrons. The summed E-state index contributed by atoms with van der Waals surface area (Å²) in [5.74, 6) is 0.0565. The third-order valence-corrected chi connectivity index (χ3v) is 3.81. The molecule has 0 bridgehead atoms. The van der Waals surface area contributed by atoms with Crippen molar-refractivity contribution in [2.75, 3.05) is 7.05 Å². The molecule has 1 aromatic rings. The largest absolute Gasteiger partial charge is 0.416 e. The number of carbonyl (C=O) groups excluding carboxylic acids is 1. The van der Waals surface area contributed by atoms with Crippen molar-refractivity contribution >= 4 is 5.78 Å². The molecule has 1 fully saturated rings. The summed E-state index contributed by atoms with van der Waals surface area (Å²) >= 11 is 0. The zero-order valence-electron chi connectivity index (χ0n) is 10.7. The van der Waals surface area contributed by atoms with Gasteiger partial charge >= 0.3 is 6.18 Å². The lowest BCUT2D eigenvalue weighted by Gasteiger charge is -2.36. The Labute approximate surface area is 110 Å². The monoisotopic (exact) mass is 271 g/mol. The van der Waals surface area contributed by atoms with Crippen LogP contribution in [0.1, 0.15) is 36.8 Å². The van der Waals surface area contributed by atoms with Crippen molar-refractivity contribution in [3.8, 4) is 0 Å². The number of rotatable bonds is 2. The van der Waals surface area contributed by atoms with Crippen LogP contribution < -0.4 is 5.32 Å². The molecule has 1 aliphatic carbocycles. The van der Waals surface area contributed by atoms with Crippen LogP contribution in [0.2, 0.25) is 0 Å². The van der Waals surface area contributed by atoms with Crippen LogP contribution in [0, 0.1) is 0 Å². The number of carbonyl (C=O) groups is 1. The third-order valence-electron chi connectivity index (χ3n) is 3.81. The average molecular weight is 271 g/mol. The second-order valence-electron chi connectivity index (χ2n) is 4.86. The van der Waals surface area contributed by atoms with Crippen LogP contribution in [0.3, 0.4) is 0 Å². The average Bonchev–Trinajstić information content (AvgIpc) is 2.39. The Morgan fingerprint density at radius 3 is 2.26 bits per heavy atom. The Morgan fingerprint density at radius 2 is 1.79 bits per heavy atom. The number of likely N-dealkylation sites (N-methyl/N-ethyl adjacent to an activating group) is 1. The highest BCUT2D eigenvalue weighted by molar-refractivity contribution is 5.90. The minimum atomic E-state index is -4.35. The number of halogens is 3. The fourth-order valence-electron chi connectivity index (χ4n) is 2.69. The van der Waals surface area contributed by atoms with Crippen LogP contribution in [0.25, 0.3) is 0 Å². The highest BCUT2D eigenvalue weighted by Crippen LogP contribution is 2.36. The Morgan fingerprint density at radius 1 is 1.16 bits per heavy atom. The van der Waals surface area contributed by atoms with Gasteiger partial charge in [-0.2, -0.15) is 13.2 Å². The van der Waals surface area contributed by atoms with Gasteiger partial charge in [0.1, 0.15) is 5.54 Å². The van der Waals surface area contributed by atoms with Crippen molar-refractivity contribution in [3.05, 3.63) is 35.4 Å². The first-order valence-corrected chi connectivity index (χ1v) is 6.30. The summed E-state index contributed by atoms with van der Waals surface area (Å²) in [6, 6.07) is 4.89. The molecule has 0 amide bonds. The summed E-state index contributed by atoms with van der Waals surface area (Å²) in [6.07, 6.45) is -1.49. The second kappa shape index (κ2) is 4.96. The molecule has 1 N–H and O–H groups in total. The van der Waals surface area contributed by atoms with Gasteiger partial charge in [-0.1, -0.05) is 18.6 Å². The fraction of sp³-hybridized carbons (Fsp3) is 0.500. The van der Waals surface area contributed by atoms with E-state index in [4.69, 9.17) is 0 Å². The number of benzene rings is 1. The molecule has 0 saturated heterocycles. The van der Waals surface area contributed by atoms with Gasteiger partial charge in [0.25, 0.3) is 0 Å². The lowest BCUT2D eigenvalue weighted by atomic mass is 9.75. The first-order valence-electron chi connectivity index (χ1n) is 6.30. The number of nitrogens with one attached hydrogen (secondary N) is 1. The molecule has 5 heteroatoms. The first kappa shape index (κ1) is 14.1. The molecule has 0 aromatic heterocycles. The molecular formula is C14H16F3NO. The van der Waals surface area contributed by atoms with Gasteiger partial charge in [0.05, 0.1) is 5.56 Å². The van der Waals surface area contributed by atoms with Crippen LogP contribution in [-0.4, -0.2) is 12.8 Å². The highest BCUT2D eigenvalue weighted by Gasteiger charge is 2.40. The lowest BCUT2D eigenvalue weighted by molar-refractivity contribution is -0.137. The zero-order chi connectivity index (χ0) is 14.1. The molecule has 104 valence electrons. The van der Waals surface area contributed by atoms with Gasteiger partial charge in [-0.15, -0.1) is 0 Å². The highest BCUT2D eigenvalue weighted by atomic mass is 19.4. The normalized spacial score (nSPS) is 24.5. The van der Waals surface area contributed by atoms with Crippen LogP contribution in [0.15, 0.2) is 24.3 Å². The summed E-state index contributed by atoms with van der Waals surface area (Å²) in [5.41, 5.74) is -0.888. The summed E-state index contributed by atoms with van der Waals surface area (Å²) < 4.78 is 37.6. The minimum absolute atomic E-state index is 0.0565. The molecule has 1 aliphatic rings. The van der Waals surface area contributed by atoms with Gasteiger partial charge in [-0.3, -0.25) is 4.79 Å². The quantitative estimate of drug-likeness (QED) is 0.894. The van der Waals surface area contributed by atoms with E-state index in [1.54, 1.807) is 7.05 Å². The molecule has 0 heterocycles. The summed E-state index contributed by atoms with van der Waals surface area (Å²) in [4.78, 5) is 12.1. The number of alkyl halides is 3. The van der Waals surface area contributed by atoms with E-state index in [0.29, 0.717) is 18.4 Å². The zero-order valence-corrected chi connectivity index (χ0v) is 10.7. The van der Waals surface area contributed by atoms with Crippen molar-refractivity contribution in [2.45, 2.75) is 37.4 Å². The predicted molar refractivity (Wildman–Crippen MR) is 65.7 cm³/mol. The molecule has 2 rings (SSSR count). The van der Waals surface area contributed by atoms with Crippen molar-refractivity contribution < 1.29 is 18.0 Å². The number of hydrogen-bond acceptors (Lipinski definition) is 2. The van der Waals surface area contributed by atoms with Gasteiger partial charge in [-0.05, 0) is 37.6 Å². The maximum absolute atomic E-state index is 12.5. The van der Waals surface area contributed by atoms with E-state index in [9.17, 15) is 18.0 Å². The Kier molecular flexibility index (Phi) is 3.67.